The molecule has 1 unspecified atom stereocenters. The van der Waals surface area contributed by atoms with Gasteiger partial charge in [-0.2, -0.15) is 0 Å². The quantitative estimate of drug-likeness (QED) is 0.595. The molecule has 0 heterocycles. The highest BCUT2D eigenvalue weighted by Gasteiger charge is 2.17. The van der Waals surface area contributed by atoms with Crippen LogP contribution >= 0.6 is 0 Å². The maximum Gasteiger partial charge on any atom is 0.255 e. The van der Waals surface area contributed by atoms with Gasteiger partial charge in [0.05, 0.1) is 24.4 Å². The SMILES string of the molecule is COc1ccccc1C(C)NC(=O)c1cccc(N)c1O. The van der Waals surface area contributed by atoms with Crippen molar-refractivity contribution in [2.75, 3.05) is 12.8 Å². The molecule has 0 aliphatic rings. The van der Waals surface area contributed by atoms with Crippen molar-refractivity contribution in [1.29, 1.82) is 0 Å². The van der Waals surface area contributed by atoms with Gasteiger partial charge in [-0.25, -0.2) is 0 Å². The van der Waals surface area contributed by atoms with E-state index in [4.69, 9.17) is 10.5 Å². The summed E-state index contributed by atoms with van der Waals surface area (Å²) in [6, 6.07) is 11.9. The minimum absolute atomic E-state index is 0.150. The third kappa shape index (κ3) is 3.08. The molecule has 0 saturated carbocycles. The second kappa shape index (κ2) is 6.17. The van der Waals surface area contributed by atoms with E-state index in [2.05, 4.69) is 5.32 Å². The van der Waals surface area contributed by atoms with Gasteiger partial charge in [-0.1, -0.05) is 24.3 Å². The topological polar surface area (TPSA) is 84.6 Å². The van der Waals surface area contributed by atoms with Crippen LogP contribution < -0.4 is 15.8 Å². The summed E-state index contributed by atoms with van der Waals surface area (Å²) < 4.78 is 5.28. The Balaban J connectivity index is 2.21. The summed E-state index contributed by atoms with van der Waals surface area (Å²) in [4.78, 5) is 12.2. The lowest BCUT2D eigenvalue weighted by Crippen LogP contribution is -2.27. The average Bonchev–Trinajstić information content (AvgIpc) is 2.49. The zero-order chi connectivity index (χ0) is 15.4. The first-order valence-electron chi connectivity index (χ1n) is 6.55. The lowest BCUT2D eigenvalue weighted by molar-refractivity contribution is 0.0937. The molecule has 2 aromatic carbocycles. The molecule has 5 nitrogen and oxygen atoms in total. The van der Waals surface area contributed by atoms with Gasteiger partial charge in [-0.15, -0.1) is 0 Å². The number of nitrogens with two attached hydrogens (primary N) is 1. The predicted octanol–water partition coefficient (Wildman–Crippen LogP) is 2.47. The lowest BCUT2D eigenvalue weighted by Gasteiger charge is -2.17. The molecule has 0 bridgehead atoms. The number of nitrogen functional groups attached to an aromatic ring is 1. The molecule has 0 aliphatic heterocycles. The van der Waals surface area contributed by atoms with Crippen molar-refractivity contribution >= 4 is 11.6 Å². The first-order valence-corrected chi connectivity index (χ1v) is 6.55. The highest BCUT2D eigenvalue weighted by molar-refractivity contribution is 5.98. The number of methoxy groups -OCH3 is 1. The maximum atomic E-state index is 12.2. The zero-order valence-electron chi connectivity index (χ0n) is 12.0. The van der Waals surface area contributed by atoms with Gasteiger partial charge in [0.1, 0.15) is 5.75 Å². The molecule has 0 fully saturated rings. The van der Waals surface area contributed by atoms with Gasteiger partial charge in [-0.05, 0) is 25.1 Å². The Hall–Kier alpha value is -2.69. The van der Waals surface area contributed by atoms with Crippen molar-refractivity contribution in [3.63, 3.8) is 0 Å². The Morgan fingerprint density at radius 2 is 1.95 bits per heavy atom. The van der Waals surface area contributed by atoms with Crippen LogP contribution in [0.2, 0.25) is 0 Å². The van der Waals surface area contributed by atoms with E-state index < -0.39 is 5.91 Å². The van der Waals surface area contributed by atoms with Gasteiger partial charge < -0.3 is 20.9 Å². The van der Waals surface area contributed by atoms with E-state index in [1.165, 1.54) is 12.1 Å². The number of carbonyl (C=O) groups excluding carboxylic acids is 1. The van der Waals surface area contributed by atoms with Crippen molar-refractivity contribution in [3.05, 3.63) is 53.6 Å². The number of ether oxygens (including phenoxy) is 1. The molecule has 0 aromatic heterocycles. The van der Waals surface area contributed by atoms with Crippen LogP contribution in [0.4, 0.5) is 5.69 Å². The van der Waals surface area contributed by atoms with E-state index in [1.807, 2.05) is 31.2 Å². The van der Waals surface area contributed by atoms with Crippen LogP contribution in [0.1, 0.15) is 28.9 Å². The van der Waals surface area contributed by atoms with Crippen molar-refractivity contribution in [2.45, 2.75) is 13.0 Å². The fourth-order valence-electron chi connectivity index (χ4n) is 2.12. The van der Waals surface area contributed by atoms with E-state index in [9.17, 15) is 9.90 Å². The van der Waals surface area contributed by atoms with E-state index in [1.54, 1.807) is 13.2 Å². The first-order chi connectivity index (χ1) is 10.0. The summed E-state index contributed by atoms with van der Waals surface area (Å²) in [5.41, 5.74) is 6.78. The number of benzene rings is 2. The smallest absolute Gasteiger partial charge is 0.255 e. The first kappa shape index (κ1) is 14.7. The van der Waals surface area contributed by atoms with Gasteiger partial charge in [0.25, 0.3) is 5.91 Å². The summed E-state index contributed by atoms with van der Waals surface area (Å²) >= 11 is 0. The summed E-state index contributed by atoms with van der Waals surface area (Å²) in [6.07, 6.45) is 0. The van der Waals surface area contributed by atoms with Gasteiger partial charge in [0.15, 0.2) is 5.75 Å². The molecule has 0 spiro atoms. The molecule has 2 aromatic rings. The number of anilines is 1. The molecule has 0 aliphatic carbocycles. The fraction of sp³-hybridized carbons (Fsp3) is 0.188. The number of para-hydroxylation sites is 2. The minimum atomic E-state index is -0.391. The maximum absolute atomic E-state index is 12.2. The van der Waals surface area contributed by atoms with Crippen molar-refractivity contribution in [2.24, 2.45) is 0 Å². The zero-order valence-corrected chi connectivity index (χ0v) is 12.0. The van der Waals surface area contributed by atoms with Gasteiger partial charge in [0, 0.05) is 5.56 Å². The highest BCUT2D eigenvalue weighted by Crippen LogP contribution is 2.27. The van der Waals surface area contributed by atoms with Gasteiger partial charge in [-0.3, -0.25) is 4.79 Å². The van der Waals surface area contributed by atoms with E-state index >= 15 is 0 Å². The molecule has 1 amide bonds. The number of hydrogen-bond donors (Lipinski definition) is 3. The molecule has 110 valence electrons. The van der Waals surface area contributed by atoms with Crippen LogP contribution in [-0.4, -0.2) is 18.1 Å². The van der Waals surface area contributed by atoms with Crippen LogP contribution in [0, 0.1) is 0 Å². The van der Waals surface area contributed by atoms with Crippen molar-refractivity contribution in [3.8, 4) is 11.5 Å². The number of amides is 1. The Labute approximate surface area is 123 Å². The Morgan fingerprint density at radius 3 is 2.67 bits per heavy atom. The molecule has 5 heteroatoms. The molecule has 0 saturated heterocycles. The Kier molecular flexibility index (Phi) is 4.33. The molecule has 4 N–H and O–H groups in total. The molecule has 2 rings (SSSR count). The monoisotopic (exact) mass is 286 g/mol. The molecular formula is C16H18N2O3. The minimum Gasteiger partial charge on any atom is -0.505 e. The van der Waals surface area contributed by atoms with Crippen LogP contribution in [0.25, 0.3) is 0 Å². The van der Waals surface area contributed by atoms with Crippen LogP contribution in [0.3, 0.4) is 0 Å². The Morgan fingerprint density at radius 1 is 1.24 bits per heavy atom. The number of hydrogen-bond acceptors (Lipinski definition) is 4. The summed E-state index contributed by atoms with van der Waals surface area (Å²) in [5, 5.41) is 12.7. The lowest BCUT2D eigenvalue weighted by atomic mass is 10.1. The van der Waals surface area contributed by atoms with E-state index in [0.29, 0.717) is 5.75 Å². The number of rotatable bonds is 4. The number of aromatic hydroxyl groups is 1. The van der Waals surface area contributed by atoms with Gasteiger partial charge >= 0.3 is 0 Å². The second-order valence-corrected chi connectivity index (χ2v) is 4.68. The van der Waals surface area contributed by atoms with Crippen LogP contribution in [0.5, 0.6) is 11.5 Å². The molecule has 1 atom stereocenters. The normalized spacial score (nSPS) is 11.7. The van der Waals surface area contributed by atoms with E-state index in [-0.39, 0.29) is 23.0 Å². The number of phenols is 1. The van der Waals surface area contributed by atoms with E-state index in [0.717, 1.165) is 5.56 Å². The number of carbonyl (C=O) groups is 1. The molecule has 21 heavy (non-hydrogen) atoms. The fourth-order valence-corrected chi connectivity index (χ4v) is 2.12. The van der Waals surface area contributed by atoms with Crippen molar-refractivity contribution < 1.29 is 14.6 Å². The third-order valence-electron chi connectivity index (χ3n) is 3.26. The largest absolute Gasteiger partial charge is 0.505 e. The third-order valence-corrected chi connectivity index (χ3v) is 3.26. The summed E-state index contributed by atoms with van der Waals surface area (Å²) in [7, 11) is 1.58. The van der Waals surface area contributed by atoms with Gasteiger partial charge in [0.2, 0.25) is 0 Å². The summed E-state index contributed by atoms with van der Waals surface area (Å²) in [6.45, 7) is 1.85. The van der Waals surface area contributed by atoms with Crippen molar-refractivity contribution in [1.82, 2.24) is 5.32 Å². The summed E-state index contributed by atoms with van der Waals surface area (Å²) in [5.74, 6) is 0.0996. The highest BCUT2D eigenvalue weighted by atomic mass is 16.5. The number of nitrogens with one attached hydrogen (secondary N) is 1. The molecule has 0 radical (unpaired) electrons. The second-order valence-electron chi connectivity index (χ2n) is 4.68. The van der Waals surface area contributed by atoms with Crippen LogP contribution in [0.15, 0.2) is 42.5 Å². The number of phenolic OH excluding ortho intramolecular Hbond substituents is 1. The molecular weight excluding hydrogens is 268 g/mol. The standard InChI is InChI=1S/C16H18N2O3/c1-10(11-6-3-4-9-14(11)21-2)18-16(20)12-7-5-8-13(17)15(12)19/h3-10,19H,17H2,1-2H3,(H,18,20). The van der Waals surface area contributed by atoms with Crippen LogP contribution in [-0.2, 0) is 0 Å². The average molecular weight is 286 g/mol. The Bertz CT molecular complexity index is 656. The predicted molar refractivity (Wildman–Crippen MR) is 81.4 cm³/mol.